The van der Waals surface area contributed by atoms with Crippen LogP contribution in [0, 0.1) is 0 Å². The van der Waals surface area contributed by atoms with Gasteiger partial charge in [0, 0.05) is 0 Å². The fraction of sp³-hybridized carbons (Fsp3) is 0.889. The summed E-state index contributed by atoms with van der Waals surface area (Å²) in [6.45, 7) is 9.65. The molecule has 0 spiro atoms. The van der Waals surface area contributed by atoms with Crippen molar-refractivity contribution in [3.8, 4) is 0 Å². The molecule has 0 saturated heterocycles. The van der Waals surface area contributed by atoms with Crippen molar-refractivity contribution in [2.24, 2.45) is 0 Å². The molecule has 2 heteroatoms. The van der Waals surface area contributed by atoms with E-state index >= 15 is 0 Å². The number of Topliss-reactive ketones (excluding diaryl/α,β-unsaturated/α-hetero) is 1. The first-order chi connectivity index (χ1) is 4.63. The van der Waals surface area contributed by atoms with Crippen molar-refractivity contribution < 1.29 is 4.79 Å². The van der Waals surface area contributed by atoms with E-state index in [9.17, 15) is 4.79 Å². The maximum absolute atomic E-state index is 10.9. The van der Waals surface area contributed by atoms with Crippen LogP contribution in [0.3, 0.4) is 0 Å². The van der Waals surface area contributed by atoms with Gasteiger partial charge in [0.15, 0.2) is 0 Å². The second kappa shape index (κ2) is 6.35. The molecule has 0 aromatic heterocycles. The maximum atomic E-state index is 10.9. The molecule has 0 amide bonds. The molecule has 0 rings (SSSR count). The third-order valence-electron chi connectivity index (χ3n) is 1.95. The minimum Gasteiger partial charge on any atom is -0.298 e. The Balaban J connectivity index is 0. The molecule has 0 heterocycles. The molecule has 0 aromatic rings. The number of hydrogen-bond donors (Lipinski definition) is 0. The van der Waals surface area contributed by atoms with Gasteiger partial charge < -0.3 is 0 Å². The van der Waals surface area contributed by atoms with Gasteiger partial charge in [-0.3, -0.25) is 9.69 Å². The summed E-state index contributed by atoms with van der Waals surface area (Å²) >= 11 is 0. The lowest BCUT2D eigenvalue weighted by Gasteiger charge is -2.23. The smallest absolute Gasteiger partial charge is 0.146 e. The summed E-state index contributed by atoms with van der Waals surface area (Å²) in [6.07, 6.45) is 0. The number of rotatable bonds is 4. The van der Waals surface area contributed by atoms with Crippen molar-refractivity contribution in [2.45, 2.75) is 41.2 Å². The number of carbonyl (C=O) groups is 1. The van der Waals surface area contributed by atoms with Crippen LogP contribution in [0.2, 0.25) is 0 Å². The Hall–Kier alpha value is -0.370. The van der Waals surface area contributed by atoms with Crippen LogP contribution < -0.4 is 0 Å². The first-order valence-electron chi connectivity index (χ1n) is 3.88. The van der Waals surface area contributed by atoms with Crippen LogP contribution in [0.25, 0.3) is 0 Å². The molecule has 68 valence electrons. The van der Waals surface area contributed by atoms with E-state index in [0.29, 0.717) is 0 Å². The normalized spacial score (nSPS) is 12.5. The molecule has 0 fully saturated rings. The van der Waals surface area contributed by atoms with Gasteiger partial charge >= 0.3 is 0 Å². The summed E-state index contributed by atoms with van der Waals surface area (Å²) in [5.41, 5.74) is 0. The van der Waals surface area contributed by atoms with Crippen LogP contribution in [0.4, 0.5) is 0 Å². The van der Waals surface area contributed by atoms with Crippen molar-refractivity contribution in [1.29, 1.82) is 0 Å². The number of carbonyl (C=O) groups excluding carboxylic acids is 1. The van der Waals surface area contributed by atoms with E-state index in [2.05, 4.69) is 18.7 Å². The Kier molecular flexibility index (Phi) is 7.64. The fourth-order valence-corrected chi connectivity index (χ4v) is 1.03. The van der Waals surface area contributed by atoms with Crippen molar-refractivity contribution >= 4 is 5.78 Å². The zero-order chi connectivity index (χ0) is 8.15. The predicted molar refractivity (Wildman–Crippen MR) is 49.8 cm³/mol. The Morgan fingerprint density at radius 3 is 1.82 bits per heavy atom. The molecule has 1 atom stereocenters. The minimum atomic E-state index is 0. The van der Waals surface area contributed by atoms with Gasteiger partial charge in [-0.15, -0.1) is 0 Å². The molecule has 0 aromatic carbocycles. The highest BCUT2D eigenvalue weighted by atomic mass is 16.1. The van der Waals surface area contributed by atoms with Crippen LogP contribution in [0.5, 0.6) is 0 Å². The van der Waals surface area contributed by atoms with Gasteiger partial charge in [-0.2, -0.15) is 0 Å². The van der Waals surface area contributed by atoms with Gasteiger partial charge in [0.2, 0.25) is 0 Å². The molecular weight excluding hydrogens is 138 g/mol. The summed E-state index contributed by atoms with van der Waals surface area (Å²) in [7, 11) is 0. The van der Waals surface area contributed by atoms with Gasteiger partial charge in [0.05, 0.1) is 6.04 Å². The van der Waals surface area contributed by atoms with Gasteiger partial charge in [-0.1, -0.05) is 21.3 Å². The average molecular weight is 159 g/mol. The number of ketones is 1. The van der Waals surface area contributed by atoms with E-state index in [1.54, 1.807) is 6.92 Å². The lowest BCUT2D eigenvalue weighted by atomic mass is 10.2. The van der Waals surface area contributed by atoms with Gasteiger partial charge in [0.1, 0.15) is 5.78 Å². The number of nitrogens with zero attached hydrogens (tertiary/aromatic N) is 1. The molecule has 0 aliphatic carbocycles. The van der Waals surface area contributed by atoms with Gasteiger partial charge in [-0.05, 0) is 26.9 Å². The third kappa shape index (κ3) is 4.14. The van der Waals surface area contributed by atoms with Gasteiger partial charge in [0.25, 0.3) is 0 Å². The molecule has 0 saturated carbocycles. The van der Waals surface area contributed by atoms with E-state index in [4.69, 9.17) is 0 Å². The highest BCUT2D eigenvalue weighted by molar-refractivity contribution is 5.80. The Morgan fingerprint density at radius 2 is 1.73 bits per heavy atom. The monoisotopic (exact) mass is 159 g/mol. The standard InChI is InChI=1S/C8H17NO.CH4/c1-5-9(6-2)7(3)8(4)10;/h7H,5-6H2,1-4H3;1H4. The largest absolute Gasteiger partial charge is 0.298 e. The SMILES string of the molecule is C.CCN(CC)C(C)C(C)=O. The number of likely N-dealkylation sites (N-methyl/N-ethyl adjacent to an activating group) is 1. The first kappa shape index (κ1) is 13.2. The lowest BCUT2D eigenvalue weighted by Crippen LogP contribution is -2.37. The summed E-state index contributed by atoms with van der Waals surface area (Å²) < 4.78 is 0. The highest BCUT2D eigenvalue weighted by Crippen LogP contribution is 1.98. The molecule has 11 heavy (non-hydrogen) atoms. The van der Waals surface area contributed by atoms with Gasteiger partial charge in [-0.25, -0.2) is 0 Å². The van der Waals surface area contributed by atoms with E-state index < -0.39 is 0 Å². The third-order valence-corrected chi connectivity index (χ3v) is 1.95. The van der Waals surface area contributed by atoms with Crippen molar-refractivity contribution in [2.75, 3.05) is 13.1 Å². The summed E-state index contributed by atoms with van der Waals surface area (Å²) in [6, 6.07) is 0.0926. The first-order valence-corrected chi connectivity index (χ1v) is 3.88. The molecule has 2 nitrogen and oxygen atoms in total. The van der Waals surface area contributed by atoms with Crippen molar-refractivity contribution in [1.82, 2.24) is 4.90 Å². The van der Waals surface area contributed by atoms with Crippen LogP contribution in [0.1, 0.15) is 35.1 Å². The Labute approximate surface area is 70.6 Å². The van der Waals surface area contributed by atoms with E-state index in [0.717, 1.165) is 13.1 Å². The number of hydrogen-bond acceptors (Lipinski definition) is 2. The molecule has 0 aliphatic rings. The molecule has 0 N–H and O–H groups in total. The maximum Gasteiger partial charge on any atom is 0.146 e. The fourth-order valence-electron chi connectivity index (χ4n) is 1.03. The quantitative estimate of drug-likeness (QED) is 0.625. The zero-order valence-electron chi connectivity index (χ0n) is 7.35. The van der Waals surface area contributed by atoms with Crippen LogP contribution in [0.15, 0.2) is 0 Å². The Morgan fingerprint density at radius 1 is 1.36 bits per heavy atom. The highest BCUT2D eigenvalue weighted by Gasteiger charge is 2.13. The van der Waals surface area contributed by atoms with Crippen LogP contribution >= 0.6 is 0 Å². The lowest BCUT2D eigenvalue weighted by molar-refractivity contribution is -0.121. The average Bonchev–Trinajstić information content (AvgIpc) is 1.90. The van der Waals surface area contributed by atoms with E-state index in [1.165, 1.54) is 0 Å². The summed E-state index contributed by atoms with van der Waals surface area (Å²) in [4.78, 5) is 13.0. The molecule has 0 bridgehead atoms. The molecule has 0 radical (unpaired) electrons. The zero-order valence-corrected chi connectivity index (χ0v) is 7.35. The van der Waals surface area contributed by atoms with Crippen LogP contribution in [-0.4, -0.2) is 29.8 Å². The predicted octanol–water partition coefficient (Wildman–Crippen LogP) is 1.94. The van der Waals surface area contributed by atoms with Crippen LogP contribution in [-0.2, 0) is 4.79 Å². The van der Waals surface area contributed by atoms with Crippen molar-refractivity contribution in [3.05, 3.63) is 0 Å². The minimum absolute atomic E-state index is 0. The summed E-state index contributed by atoms with van der Waals surface area (Å²) in [5, 5.41) is 0. The molecular formula is C9H21NO. The Bertz CT molecular complexity index is 108. The van der Waals surface area contributed by atoms with Crippen molar-refractivity contribution in [3.63, 3.8) is 0 Å². The topological polar surface area (TPSA) is 20.3 Å². The summed E-state index contributed by atoms with van der Waals surface area (Å²) in [5.74, 6) is 0.253. The second-order valence-electron chi connectivity index (χ2n) is 2.51. The molecule has 1 unspecified atom stereocenters. The van der Waals surface area contributed by atoms with E-state index in [-0.39, 0.29) is 19.3 Å². The van der Waals surface area contributed by atoms with E-state index in [1.807, 2.05) is 6.92 Å². The second-order valence-corrected chi connectivity index (χ2v) is 2.51. The molecule has 0 aliphatic heterocycles.